The van der Waals surface area contributed by atoms with Crippen LogP contribution in [0.1, 0.15) is 18.9 Å². The van der Waals surface area contributed by atoms with Crippen molar-refractivity contribution in [3.63, 3.8) is 0 Å². The van der Waals surface area contributed by atoms with Crippen LogP contribution in [0.15, 0.2) is 6.07 Å². The Kier molecular flexibility index (Phi) is 5.45. The predicted molar refractivity (Wildman–Crippen MR) is 86.1 cm³/mol. The van der Waals surface area contributed by atoms with E-state index < -0.39 is 11.7 Å². The van der Waals surface area contributed by atoms with Crippen LogP contribution >= 0.6 is 23.2 Å². The fourth-order valence-corrected chi connectivity index (χ4v) is 3.19. The zero-order chi connectivity index (χ0) is 16.5. The highest BCUT2D eigenvalue weighted by Crippen LogP contribution is 2.42. The number of halogens is 2. The largest absolute Gasteiger partial charge is 0.493 e. The molecule has 2 atom stereocenters. The van der Waals surface area contributed by atoms with E-state index in [4.69, 9.17) is 32.7 Å². The summed E-state index contributed by atoms with van der Waals surface area (Å²) in [5.74, 6) is 0.913. The SMILES string of the molecule is COc1cc(Cl)c(CN2CC[C@@](C)(O)[C@H](O)C2)c(Cl)c1OC. The summed E-state index contributed by atoms with van der Waals surface area (Å²) in [6.07, 6.45) is -0.324. The zero-order valence-corrected chi connectivity index (χ0v) is 14.4. The van der Waals surface area contributed by atoms with E-state index in [2.05, 4.69) is 0 Å². The number of benzene rings is 1. The van der Waals surface area contributed by atoms with Crippen LogP contribution in [-0.4, -0.2) is 54.1 Å². The van der Waals surface area contributed by atoms with Gasteiger partial charge in [-0.15, -0.1) is 0 Å². The van der Waals surface area contributed by atoms with E-state index in [9.17, 15) is 10.2 Å². The minimum absolute atomic E-state index is 0.355. The Hall–Kier alpha value is -0.720. The molecule has 1 fully saturated rings. The first kappa shape index (κ1) is 17.6. The van der Waals surface area contributed by atoms with Crippen molar-refractivity contribution in [1.29, 1.82) is 0 Å². The second-order valence-electron chi connectivity index (χ2n) is 5.74. The van der Waals surface area contributed by atoms with Crippen LogP contribution in [0.4, 0.5) is 0 Å². The molecule has 0 saturated carbocycles. The molecule has 1 aliphatic rings. The van der Waals surface area contributed by atoms with Gasteiger partial charge in [-0.25, -0.2) is 0 Å². The van der Waals surface area contributed by atoms with Gasteiger partial charge in [0.15, 0.2) is 11.5 Å². The molecule has 124 valence electrons. The normalized spacial score (nSPS) is 26.0. The molecule has 0 bridgehead atoms. The summed E-state index contributed by atoms with van der Waals surface area (Å²) < 4.78 is 10.5. The van der Waals surface area contributed by atoms with Crippen LogP contribution < -0.4 is 9.47 Å². The van der Waals surface area contributed by atoms with Gasteiger partial charge >= 0.3 is 0 Å². The fraction of sp³-hybridized carbons (Fsp3) is 0.600. The molecular formula is C15H21Cl2NO4. The van der Waals surface area contributed by atoms with E-state index in [-0.39, 0.29) is 0 Å². The summed E-state index contributed by atoms with van der Waals surface area (Å²) >= 11 is 12.7. The van der Waals surface area contributed by atoms with Crippen molar-refractivity contribution in [2.45, 2.75) is 31.6 Å². The van der Waals surface area contributed by atoms with Crippen molar-refractivity contribution in [2.75, 3.05) is 27.3 Å². The molecule has 0 aromatic heterocycles. The first-order valence-electron chi connectivity index (χ1n) is 7.01. The molecule has 2 rings (SSSR count). The van der Waals surface area contributed by atoms with Gasteiger partial charge in [0.1, 0.15) is 0 Å². The number of ether oxygens (including phenoxy) is 2. The van der Waals surface area contributed by atoms with Gasteiger partial charge in [0.05, 0.1) is 36.0 Å². The molecule has 0 amide bonds. The molecule has 0 spiro atoms. The van der Waals surface area contributed by atoms with Crippen LogP contribution in [-0.2, 0) is 6.54 Å². The summed E-state index contributed by atoms with van der Waals surface area (Å²) in [6.45, 7) is 3.11. The number of methoxy groups -OCH3 is 2. The van der Waals surface area contributed by atoms with Crippen molar-refractivity contribution in [3.8, 4) is 11.5 Å². The number of aliphatic hydroxyl groups excluding tert-OH is 1. The number of likely N-dealkylation sites (tertiary alicyclic amines) is 1. The van der Waals surface area contributed by atoms with E-state index in [0.717, 1.165) is 5.56 Å². The Bertz CT molecular complexity index is 551. The van der Waals surface area contributed by atoms with Gasteiger partial charge in [-0.05, 0) is 13.3 Å². The quantitative estimate of drug-likeness (QED) is 0.873. The van der Waals surface area contributed by atoms with Gasteiger partial charge in [0.2, 0.25) is 0 Å². The molecule has 7 heteroatoms. The highest BCUT2D eigenvalue weighted by atomic mass is 35.5. The monoisotopic (exact) mass is 349 g/mol. The Morgan fingerprint density at radius 2 is 2.05 bits per heavy atom. The van der Waals surface area contributed by atoms with Gasteiger partial charge < -0.3 is 19.7 Å². The van der Waals surface area contributed by atoms with Gasteiger partial charge in [0, 0.05) is 31.3 Å². The van der Waals surface area contributed by atoms with Crippen molar-refractivity contribution in [1.82, 2.24) is 4.90 Å². The van der Waals surface area contributed by atoms with Crippen molar-refractivity contribution in [2.24, 2.45) is 0 Å². The topological polar surface area (TPSA) is 62.2 Å². The summed E-state index contributed by atoms with van der Waals surface area (Å²) in [5, 5.41) is 20.9. The van der Waals surface area contributed by atoms with E-state index in [1.165, 1.54) is 14.2 Å². The molecule has 5 nitrogen and oxygen atoms in total. The Balaban J connectivity index is 2.24. The Morgan fingerprint density at radius 1 is 1.36 bits per heavy atom. The Morgan fingerprint density at radius 3 is 2.59 bits per heavy atom. The standard InChI is InChI=1S/C15H21Cl2NO4/c1-15(20)4-5-18(8-12(15)19)7-9-10(16)6-11(21-2)14(22-3)13(9)17/h6,12,19-20H,4-5,7-8H2,1-3H3/t12-,15-/m1/s1. The van der Waals surface area contributed by atoms with Crippen molar-refractivity contribution in [3.05, 3.63) is 21.7 Å². The van der Waals surface area contributed by atoms with Crippen LogP contribution in [0.5, 0.6) is 11.5 Å². The zero-order valence-electron chi connectivity index (χ0n) is 12.9. The lowest BCUT2D eigenvalue weighted by Gasteiger charge is -2.40. The van der Waals surface area contributed by atoms with E-state index in [1.807, 2.05) is 4.90 Å². The van der Waals surface area contributed by atoms with E-state index in [1.54, 1.807) is 13.0 Å². The summed E-state index contributed by atoms with van der Waals surface area (Å²) in [6, 6.07) is 1.66. The third-order valence-corrected chi connectivity index (χ3v) is 4.86. The lowest BCUT2D eigenvalue weighted by atomic mass is 9.90. The Labute approximate surface area is 140 Å². The van der Waals surface area contributed by atoms with Gasteiger partial charge in [-0.1, -0.05) is 23.2 Å². The molecule has 22 heavy (non-hydrogen) atoms. The third kappa shape index (κ3) is 3.44. The highest BCUT2D eigenvalue weighted by molar-refractivity contribution is 6.37. The molecule has 1 saturated heterocycles. The lowest BCUT2D eigenvalue weighted by Crippen LogP contribution is -2.53. The highest BCUT2D eigenvalue weighted by Gasteiger charge is 2.36. The molecule has 1 aromatic rings. The van der Waals surface area contributed by atoms with Gasteiger partial charge in [-0.3, -0.25) is 4.90 Å². The molecule has 1 aromatic carbocycles. The van der Waals surface area contributed by atoms with Crippen molar-refractivity contribution < 1.29 is 19.7 Å². The summed E-state index contributed by atoms with van der Waals surface area (Å²) in [5.41, 5.74) is -0.337. The molecule has 0 unspecified atom stereocenters. The van der Waals surface area contributed by atoms with Crippen LogP contribution in [0.25, 0.3) is 0 Å². The van der Waals surface area contributed by atoms with Crippen molar-refractivity contribution >= 4 is 23.2 Å². The van der Waals surface area contributed by atoms with Crippen LogP contribution in [0.3, 0.4) is 0 Å². The maximum Gasteiger partial charge on any atom is 0.179 e. The second-order valence-corrected chi connectivity index (χ2v) is 6.53. The molecule has 1 heterocycles. The maximum absolute atomic E-state index is 10.0. The lowest BCUT2D eigenvalue weighted by molar-refractivity contribution is -0.108. The third-order valence-electron chi connectivity index (χ3n) is 4.12. The number of hydrogen-bond donors (Lipinski definition) is 2. The minimum atomic E-state index is -1.05. The number of β-amino-alcohol motifs (C(OH)–C–C–N with tert-alkyl or cyclic N) is 1. The minimum Gasteiger partial charge on any atom is -0.493 e. The van der Waals surface area contributed by atoms with Crippen LogP contribution in [0, 0.1) is 0 Å². The average molecular weight is 350 g/mol. The number of rotatable bonds is 4. The van der Waals surface area contributed by atoms with Gasteiger partial charge in [0.25, 0.3) is 0 Å². The summed E-state index contributed by atoms with van der Waals surface area (Å²) in [4.78, 5) is 2.00. The molecule has 2 N–H and O–H groups in total. The molecular weight excluding hydrogens is 329 g/mol. The second kappa shape index (κ2) is 6.81. The summed E-state index contributed by atoms with van der Waals surface area (Å²) in [7, 11) is 3.04. The molecule has 1 aliphatic heterocycles. The van der Waals surface area contributed by atoms with Crippen LogP contribution in [0.2, 0.25) is 10.0 Å². The van der Waals surface area contributed by atoms with Gasteiger partial charge in [-0.2, -0.15) is 0 Å². The molecule has 0 radical (unpaired) electrons. The first-order chi connectivity index (χ1) is 10.3. The maximum atomic E-state index is 10.0. The number of nitrogens with zero attached hydrogens (tertiary/aromatic N) is 1. The fourth-order valence-electron chi connectivity index (χ4n) is 2.56. The average Bonchev–Trinajstić information content (AvgIpc) is 2.46. The number of hydrogen-bond acceptors (Lipinski definition) is 5. The number of piperidine rings is 1. The molecule has 0 aliphatic carbocycles. The predicted octanol–water partition coefficient (Wildman–Crippen LogP) is 2.33. The first-order valence-corrected chi connectivity index (χ1v) is 7.77. The van der Waals surface area contributed by atoms with E-state index in [0.29, 0.717) is 47.6 Å². The van der Waals surface area contributed by atoms with E-state index >= 15 is 0 Å². The number of aliphatic hydroxyl groups is 2. The smallest absolute Gasteiger partial charge is 0.179 e.